The van der Waals surface area contributed by atoms with Crippen molar-refractivity contribution < 1.29 is 23.8 Å². The molecule has 0 spiro atoms. The number of hydrogen-bond acceptors (Lipinski definition) is 5. The standard InChI is InChI=1S/C19H26ClNO5/c1-5-24-17(22)13-10-12-6-7-15(16(20)14(12)11-13)25-9-8-21-18(23)26-19(2,3)4/h6-7,13H,5,8-11H2,1-4H3,(H,21,23). The second kappa shape index (κ2) is 8.62. The molecule has 1 aliphatic carbocycles. The highest BCUT2D eigenvalue weighted by atomic mass is 35.5. The van der Waals surface area contributed by atoms with Crippen LogP contribution in [0.5, 0.6) is 5.75 Å². The number of esters is 1. The molecule has 1 aliphatic rings. The average molecular weight is 384 g/mol. The largest absolute Gasteiger partial charge is 0.490 e. The molecule has 0 saturated carbocycles. The molecule has 6 nitrogen and oxygen atoms in total. The number of rotatable bonds is 6. The fourth-order valence-electron chi connectivity index (χ4n) is 2.80. The minimum Gasteiger partial charge on any atom is -0.490 e. The molecule has 1 aromatic carbocycles. The summed E-state index contributed by atoms with van der Waals surface area (Å²) in [4.78, 5) is 23.5. The Kier molecular flexibility index (Phi) is 6.75. The van der Waals surface area contributed by atoms with Gasteiger partial charge in [-0.1, -0.05) is 17.7 Å². The van der Waals surface area contributed by atoms with Gasteiger partial charge in [0.1, 0.15) is 18.0 Å². The van der Waals surface area contributed by atoms with E-state index in [1.165, 1.54) is 0 Å². The average Bonchev–Trinajstić information content (AvgIpc) is 2.97. The minimum absolute atomic E-state index is 0.188. The second-order valence-electron chi connectivity index (χ2n) is 7.15. The molecule has 1 aromatic rings. The van der Waals surface area contributed by atoms with Gasteiger partial charge < -0.3 is 19.5 Å². The summed E-state index contributed by atoms with van der Waals surface area (Å²) in [6, 6.07) is 3.72. The number of carbonyl (C=O) groups is 2. The summed E-state index contributed by atoms with van der Waals surface area (Å²) in [5.41, 5.74) is 1.44. The quantitative estimate of drug-likeness (QED) is 0.601. The van der Waals surface area contributed by atoms with Crippen LogP contribution in [0.2, 0.25) is 5.02 Å². The first-order valence-electron chi connectivity index (χ1n) is 8.77. The van der Waals surface area contributed by atoms with Crippen molar-refractivity contribution in [3.8, 4) is 5.75 Å². The van der Waals surface area contributed by atoms with Crippen LogP contribution in [0.25, 0.3) is 0 Å². The van der Waals surface area contributed by atoms with Crippen molar-refractivity contribution in [2.45, 2.75) is 46.1 Å². The Morgan fingerprint density at radius 1 is 1.27 bits per heavy atom. The highest BCUT2D eigenvalue weighted by molar-refractivity contribution is 6.33. The maximum Gasteiger partial charge on any atom is 0.407 e. The number of amides is 1. The zero-order valence-corrected chi connectivity index (χ0v) is 16.4. The van der Waals surface area contributed by atoms with E-state index in [-0.39, 0.29) is 18.5 Å². The molecular weight excluding hydrogens is 358 g/mol. The molecule has 0 bridgehead atoms. The normalized spacial score (nSPS) is 16.0. The number of ether oxygens (including phenoxy) is 3. The van der Waals surface area contributed by atoms with E-state index in [4.69, 9.17) is 25.8 Å². The van der Waals surface area contributed by atoms with Crippen molar-refractivity contribution in [3.63, 3.8) is 0 Å². The smallest absolute Gasteiger partial charge is 0.407 e. The van der Waals surface area contributed by atoms with E-state index in [2.05, 4.69) is 5.32 Å². The van der Waals surface area contributed by atoms with E-state index in [9.17, 15) is 9.59 Å². The Labute approximate surface area is 159 Å². The van der Waals surface area contributed by atoms with Crippen molar-refractivity contribution in [1.82, 2.24) is 5.32 Å². The maximum absolute atomic E-state index is 11.9. The van der Waals surface area contributed by atoms with Crippen molar-refractivity contribution >= 4 is 23.7 Å². The Morgan fingerprint density at radius 2 is 2.00 bits per heavy atom. The molecule has 2 rings (SSSR count). The molecule has 0 saturated heterocycles. The lowest BCUT2D eigenvalue weighted by molar-refractivity contribution is -0.147. The van der Waals surface area contributed by atoms with Crippen LogP contribution >= 0.6 is 11.6 Å². The zero-order chi connectivity index (χ0) is 19.3. The van der Waals surface area contributed by atoms with Gasteiger partial charge in [0.15, 0.2) is 0 Å². The van der Waals surface area contributed by atoms with Crippen LogP contribution < -0.4 is 10.1 Å². The molecule has 144 valence electrons. The van der Waals surface area contributed by atoms with Crippen LogP contribution in [-0.4, -0.2) is 37.4 Å². The number of hydrogen-bond donors (Lipinski definition) is 1. The van der Waals surface area contributed by atoms with E-state index in [0.29, 0.717) is 36.8 Å². The summed E-state index contributed by atoms with van der Waals surface area (Å²) in [6.07, 6.45) is 0.702. The van der Waals surface area contributed by atoms with Gasteiger partial charge in [-0.05, 0) is 57.7 Å². The molecule has 0 aromatic heterocycles. The van der Waals surface area contributed by atoms with E-state index in [1.54, 1.807) is 33.8 Å². The molecule has 0 fully saturated rings. The van der Waals surface area contributed by atoms with Gasteiger partial charge in [0, 0.05) is 0 Å². The molecule has 1 atom stereocenters. The van der Waals surface area contributed by atoms with Gasteiger partial charge in [-0.3, -0.25) is 4.79 Å². The van der Waals surface area contributed by atoms with Crippen molar-refractivity contribution in [1.29, 1.82) is 0 Å². The highest BCUT2D eigenvalue weighted by Crippen LogP contribution is 2.38. The summed E-state index contributed by atoms with van der Waals surface area (Å²) < 4.78 is 15.9. The second-order valence-corrected chi connectivity index (χ2v) is 7.53. The summed E-state index contributed by atoms with van der Waals surface area (Å²) in [5, 5.41) is 3.15. The van der Waals surface area contributed by atoms with Crippen LogP contribution in [0.4, 0.5) is 4.79 Å². The van der Waals surface area contributed by atoms with Crippen LogP contribution in [0.1, 0.15) is 38.8 Å². The minimum atomic E-state index is -0.538. The summed E-state index contributed by atoms with van der Waals surface area (Å²) in [6.45, 7) is 8.14. The lowest BCUT2D eigenvalue weighted by Crippen LogP contribution is -2.34. The van der Waals surface area contributed by atoms with E-state index >= 15 is 0 Å². The van der Waals surface area contributed by atoms with Gasteiger partial charge in [-0.15, -0.1) is 0 Å². The number of fused-ring (bicyclic) bond motifs is 1. The van der Waals surface area contributed by atoms with Crippen molar-refractivity contribution in [2.75, 3.05) is 19.8 Å². The molecule has 0 heterocycles. The topological polar surface area (TPSA) is 73.9 Å². The molecule has 1 N–H and O–H groups in total. The Balaban J connectivity index is 1.87. The molecule has 26 heavy (non-hydrogen) atoms. The molecule has 7 heteroatoms. The maximum atomic E-state index is 11.9. The Hall–Kier alpha value is -1.95. The summed E-state index contributed by atoms with van der Waals surface area (Å²) >= 11 is 6.44. The van der Waals surface area contributed by atoms with Gasteiger partial charge in [0.2, 0.25) is 0 Å². The van der Waals surface area contributed by atoms with Crippen LogP contribution in [0.15, 0.2) is 12.1 Å². The number of carbonyl (C=O) groups excluding carboxylic acids is 2. The fourth-order valence-corrected chi connectivity index (χ4v) is 3.12. The van der Waals surface area contributed by atoms with Gasteiger partial charge in [0.25, 0.3) is 0 Å². The number of nitrogens with one attached hydrogen (secondary N) is 1. The number of benzene rings is 1. The molecule has 0 radical (unpaired) electrons. The first kappa shape index (κ1) is 20.4. The third-order valence-electron chi connectivity index (χ3n) is 3.87. The molecule has 1 unspecified atom stereocenters. The molecule has 0 aliphatic heterocycles. The molecule has 1 amide bonds. The van der Waals surface area contributed by atoms with E-state index < -0.39 is 11.7 Å². The van der Waals surface area contributed by atoms with Gasteiger partial charge in [-0.25, -0.2) is 4.79 Å². The first-order chi connectivity index (χ1) is 12.2. The van der Waals surface area contributed by atoms with Crippen LogP contribution in [0.3, 0.4) is 0 Å². The fraction of sp³-hybridized carbons (Fsp3) is 0.579. The SMILES string of the molecule is CCOC(=O)C1Cc2ccc(OCCNC(=O)OC(C)(C)C)c(Cl)c2C1. The van der Waals surface area contributed by atoms with Crippen LogP contribution in [0, 0.1) is 5.92 Å². The van der Waals surface area contributed by atoms with Crippen LogP contribution in [-0.2, 0) is 27.1 Å². The van der Waals surface area contributed by atoms with Crippen molar-refractivity contribution in [2.24, 2.45) is 5.92 Å². The first-order valence-corrected chi connectivity index (χ1v) is 9.15. The van der Waals surface area contributed by atoms with Gasteiger partial charge in [-0.2, -0.15) is 0 Å². The van der Waals surface area contributed by atoms with Gasteiger partial charge >= 0.3 is 12.1 Å². The predicted molar refractivity (Wildman–Crippen MR) is 98.7 cm³/mol. The molecular formula is C19H26ClNO5. The monoisotopic (exact) mass is 383 g/mol. The third kappa shape index (κ3) is 5.53. The van der Waals surface area contributed by atoms with Gasteiger partial charge in [0.05, 0.1) is 24.1 Å². The van der Waals surface area contributed by atoms with E-state index in [0.717, 1.165) is 11.1 Å². The lowest BCUT2D eigenvalue weighted by atomic mass is 10.1. The summed E-state index contributed by atoms with van der Waals surface area (Å²) in [5.74, 6) is 0.163. The highest BCUT2D eigenvalue weighted by Gasteiger charge is 2.31. The Bertz CT molecular complexity index is 669. The van der Waals surface area contributed by atoms with Crippen molar-refractivity contribution in [3.05, 3.63) is 28.3 Å². The lowest BCUT2D eigenvalue weighted by Gasteiger charge is -2.19. The Morgan fingerprint density at radius 3 is 2.65 bits per heavy atom. The van der Waals surface area contributed by atoms with E-state index in [1.807, 2.05) is 6.07 Å². The predicted octanol–water partition coefficient (Wildman–Crippen LogP) is 3.52. The number of halogens is 1. The summed E-state index contributed by atoms with van der Waals surface area (Å²) in [7, 11) is 0. The number of alkyl carbamates (subject to hydrolysis) is 1. The zero-order valence-electron chi connectivity index (χ0n) is 15.7. The third-order valence-corrected chi connectivity index (χ3v) is 4.28.